The zero-order chi connectivity index (χ0) is 14.0. The predicted octanol–water partition coefficient (Wildman–Crippen LogP) is 4.35. The Kier molecular flexibility index (Phi) is 3.96. The Morgan fingerprint density at radius 2 is 1.89 bits per heavy atom. The van der Waals surface area contributed by atoms with Crippen LogP contribution in [0.1, 0.15) is 21.5 Å². The number of carbonyl (C=O) groups is 1. The average Bonchev–Trinajstić information content (AvgIpc) is 2.38. The molecule has 0 atom stereocenters. The SMILES string of the molecule is Cc1ccc(F)c(C(=O)Cc2cccc(F)c2Cl)c1. The van der Waals surface area contributed by atoms with E-state index in [-0.39, 0.29) is 17.0 Å². The van der Waals surface area contributed by atoms with Gasteiger partial charge in [-0.25, -0.2) is 8.78 Å². The van der Waals surface area contributed by atoms with E-state index in [1.54, 1.807) is 19.1 Å². The molecule has 0 aliphatic carbocycles. The molecule has 2 rings (SSSR count). The lowest BCUT2D eigenvalue weighted by atomic mass is 10.0. The van der Waals surface area contributed by atoms with Crippen LogP contribution in [0, 0.1) is 18.6 Å². The molecule has 0 unspecified atom stereocenters. The summed E-state index contributed by atoms with van der Waals surface area (Å²) in [7, 11) is 0. The maximum Gasteiger partial charge on any atom is 0.170 e. The number of carbonyl (C=O) groups excluding carboxylic acids is 1. The Morgan fingerprint density at radius 3 is 2.63 bits per heavy atom. The first-order valence-corrected chi connectivity index (χ1v) is 6.09. The van der Waals surface area contributed by atoms with Gasteiger partial charge in [-0.3, -0.25) is 4.79 Å². The zero-order valence-electron chi connectivity index (χ0n) is 10.2. The second kappa shape index (κ2) is 5.49. The predicted molar refractivity (Wildman–Crippen MR) is 70.6 cm³/mol. The van der Waals surface area contributed by atoms with Gasteiger partial charge in [0.05, 0.1) is 10.6 Å². The quantitative estimate of drug-likeness (QED) is 0.764. The first kappa shape index (κ1) is 13.7. The van der Waals surface area contributed by atoms with Gasteiger partial charge in [-0.05, 0) is 30.7 Å². The van der Waals surface area contributed by atoms with E-state index in [9.17, 15) is 13.6 Å². The number of benzene rings is 2. The van der Waals surface area contributed by atoms with E-state index in [0.29, 0.717) is 5.56 Å². The van der Waals surface area contributed by atoms with Gasteiger partial charge in [-0.2, -0.15) is 0 Å². The molecule has 0 fully saturated rings. The third-order valence-electron chi connectivity index (χ3n) is 2.80. The lowest BCUT2D eigenvalue weighted by Gasteiger charge is -2.06. The lowest BCUT2D eigenvalue weighted by molar-refractivity contribution is 0.0989. The number of aryl methyl sites for hydroxylation is 1. The Morgan fingerprint density at radius 1 is 1.16 bits per heavy atom. The average molecular weight is 281 g/mol. The largest absolute Gasteiger partial charge is 0.294 e. The summed E-state index contributed by atoms with van der Waals surface area (Å²) >= 11 is 5.77. The highest BCUT2D eigenvalue weighted by Crippen LogP contribution is 2.22. The molecular formula is C15H11ClF2O. The minimum atomic E-state index is -0.586. The van der Waals surface area contributed by atoms with Crippen molar-refractivity contribution >= 4 is 17.4 Å². The van der Waals surface area contributed by atoms with Crippen LogP contribution in [0.25, 0.3) is 0 Å². The van der Waals surface area contributed by atoms with Gasteiger partial charge in [0.15, 0.2) is 5.78 Å². The van der Waals surface area contributed by atoms with Crippen molar-refractivity contribution in [1.29, 1.82) is 0 Å². The van der Waals surface area contributed by atoms with Crippen LogP contribution >= 0.6 is 11.6 Å². The van der Waals surface area contributed by atoms with Gasteiger partial charge in [0.1, 0.15) is 11.6 Å². The maximum atomic E-state index is 13.6. The molecular weight excluding hydrogens is 270 g/mol. The minimum absolute atomic E-state index is 0.000304. The van der Waals surface area contributed by atoms with Crippen molar-refractivity contribution in [1.82, 2.24) is 0 Å². The fourth-order valence-corrected chi connectivity index (χ4v) is 2.00. The summed E-state index contributed by atoms with van der Waals surface area (Å²) < 4.78 is 26.8. The molecule has 0 saturated carbocycles. The zero-order valence-corrected chi connectivity index (χ0v) is 11.0. The highest BCUT2D eigenvalue weighted by molar-refractivity contribution is 6.31. The Labute approximate surface area is 114 Å². The molecule has 0 aliphatic rings. The molecule has 0 bridgehead atoms. The van der Waals surface area contributed by atoms with Crippen molar-refractivity contribution in [3.8, 4) is 0 Å². The van der Waals surface area contributed by atoms with Gasteiger partial charge in [-0.1, -0.05) is 35.4 Å². The molecule has 0 aliphatic heterocycles. The van der Waals surface area contributed by atoms with Crippen LogP contribution in [-0.4, -0.2) is 5.78 Å². The van der Waals surface area contributed by atoms with Crippen LogP contribution in [0.3, 0.4) is 0 Å². The van der Waals surface area contributed by atoms with Crippen LogP contribution in [0.5, 0.6) is 0 Å². The molecule has 0 radical (unpaired) electrons. The number of ketones is 1. The van der Waals surface area contributed by atoms with Crippen LogP contribution < -0.4 is 0 Å². The number of rotatable bonds is 3. The Balaban J connectivity index is 2.31. The first-order chi connectivity index (χ1) is 8.99. The molecule has 0 heterocycles. The third-order valence-corrected chi connectivity index (χ3v) is 3.23. The number of hydrogen-bond donors (Lipinski definition) is 0. The number of halogens is 3. The lowest BCUT2D eigenvalue weighted by Crippen LogP contribution is -2.07. The highest BCUT2D eigenvalue weighted by atomic mass is 35.5. The van der Waals surface area contributed by atoms with Crippen molar-refractivity contribution in [2.24, 2.45) is 0 Å². The van der Waals surface area contributed by atoms with E-state index < -0.39 is 17.4 Å². The molecule has 0 saturated heterocycles. The summed E-state index contributed by atoms with van der Waals surface area (Å²) in [6.07, 6.45) is -0.128. The Hall–Kier alpha value is -1.74. The van der Waals surface area contributed by atoms with Gasteiger partial charge in [-0.15, -0.1) is 0 Å². The Bertz CT molecular complexity index is 638. The van der Waals surface area contributed by atoms with E-state index in [1.165, 1.54) is 24.3 Å². The molecule has 2 aromatic carbocycles. The topological polar surface area (TPSA) is 17.1 Å². The van der Waals surface area contributed by atoms with E-state index >= 15 is 0 Å². The normalized spacial score (nSPS) is 10.5. The maximum absolute atomic E-state index is 13.6. The first-order valence-electron chi connectivity index (χ1n) is 5.71. The van der Waals surface area contributed by atoms with Gasteiger partial charge in [0.2, 0.25) is 0 Å². The molecule has 0 amide bonds. The van der Waals surface area contributed by atoms with Crippen molar-refractivity contribution in [3.05, 3.63) is 69.7 Å². The second-order valence-corrected chi connectivity index (χ2v) is 4.67. The van der Waals surface area contributed by atoms with Crippen molar-refractivity contribution in [2.45, 2.75) is 13.3 Å². The van der Waals surface area contributed by atoms with Gasteiger partial charge < -0.3 is 0 Å². The van der Waals surface area contributed by atoms with Crippen LogP contribution in [0.2, 0.25) is 5.02 Å². The van der Waals surface area contributed by atoms with E-state index in [2.05, 4.69) is 0 Å². The highest BCUT2D eigenvalue weighted by Gasteiger charge is 2.15. The van der Waals surface area contributed by atoms with Crippen molar-refractivity contribution < 1.29 is 13.6 Å². The third kappa shape index (κ3) is 2.99. The summed E-state index contributed by atoms with van der Waals surface area (Å²) in [5.74, 6) is -1.59. The van der Waals surface area contributed by atoms with E-state index in [0.717, 1.165) is 5.56 Å². The smallest absolute Gasteiger partial charge is 0.170 e. The second-order valence-electron chi connectivity index (χ2n) is 4.30. The molecule has 0 spiro atoms. The van der Waals surface area contributed by atoms with Crippen LogP contribution in [0.4, 0.5) is 8.78 Å². The fourth-order valence-electron chi connectivity index (χ4n) is 1.81. The van der Waals surface area contributed by atoms with Gasteiger partial charge in [0.25, 0.3) is 0 Å². The minimum Gasteiger partial charge on any atom is -0.294 e. The summed E-state index contributed by atoms with van der Waals surface area (Å²) in [5.41, 5.74) is 1.14. The summed E-state index contributed by atoms with van der Waals surface area (Å²) in [5, 5.41) is -0.0936. The summed E-state index contributed by atoms with van der Waals surface area (Å²) in [6, 6.07) is 8.54. The molecule has 2 aromatic rings. The van der Waals surface area contributed by atoms with E-state index in [1.807, 2.05) is 0 Å². The van der Waals surface area contributed by atoms with E-state index in [4.69, 9.17) is 11.6 Å². The molecule has 98 valence electrons. The monoisotopic (exact) mass is 280 g/mol. The number of Topliss-reactive ketones (excluding diaryl/α,β-unsaturated/α-hetero) is 1. The molecule has 4 heteroatoms. The molecule has 1 nitrogen and oxygen atoms in total. The molecule has 19 heavy (non-hydrogen) atoms. The van der Waals surface area contributed by atoms with Crippen LogP contribution in [0.15, 0.2) is 36.4 Å². The molecule has 0 aromatic heterocycles. The van der Waals surface area contributed by atoms with Crippen LogP contribution in [-0.2, 0) is 6.42 Å². The number of hydrogen-bond acceptors (Lipinski definition) is 1. The summed E-state index contributed by atoms with van der Waals surface area (Å²) in [4.78, 5) is 12.0. The van der Waals surface area contributed by atoms with Gasteiger partial charge in [0, 0.05) is 6.42 Å². The van der Waals surface area contributed by atoms with Gasteiger partial charge >= 0.3 is 0 Å². The fraction of sp³-hybridized carbons (Fsp3) is 0.133. The molecule has 0 N–H and O–H groups in total. The summed E-state index contributed by atoms with van der Waals surface area (Å²) in [6.45, 7) is 1.77. The van der Waals surface area contributed by atoms with Crippen molar-refractivity contribution in [3.63, 3.8) is 0 Å². The van der Waals surface area contributed by atoms with Crippen molar-refractivity contribution in [2.75, 3.05) is 0 Å². The standard InChI is InChI=1S/C15H11ClF2O/c1-9-5-6-12(17)11(7-9)14(19)8-10-3-2-4-13(18)15(10)16/h2-7H,8H2,1H3.